The highest BCUT2D eigenvalue weighted by atomic mass is 35.5. The van der Waals surface area contributed by atoms with Gasteiger partial charge < -0.3 is 20.1 Å². The van der Waals surface area contributed by atoms with Crippen molar-refractivity contribution in [2.24, 2.45) is 0 Å². The van der Waals surface area contributed by atoms with Crippen LogP contribution in [0.4, 0.5) is 5.69 Å². The van der Waals surface area contributed by atoms with Gasteiger partial charge in [-0.2, -0.15) is 0 Å². The Labute approximate surface area is 135 Å². The van der Waals surface area contributed by atoms with Gasteiger partial charge in [-0.25, -0.2) is 0 Å². The Bertz CT molecular complexity index is 491. The van der Waals surface area contributed by atoms with Crippen molar-refractivity contribution >= 4 is 35.6 Å². The topological polar surface area (TPSA) is 59.6 Å². The van der Waals surface area contributed by atoms with Gasteiger partial charge in [0.25, 0.3) is 5.91 Å². The summed E-state index contributed by atoms with van der Waals surface area (Å²) < 4.78 is 10.6. The number of carbonyl (C=O) groups is 1. The normalized spacial score (nSPS) is 16.7. The third kappa shape index (κ3) is 4.01. The zero-order valence-electron chi connectivity index (χ0n) is 12.1. The largest absolute Gasteiger partial charge is 0.495 e. The first-order valence-electron chi connectivity index (χ1n) is 6.52. The summed E-state index contributed by atoms with van der Waals surface area (Å²) in [5.41, 5.74) is -0.131. The van der Waals surface area contributed by atoms with Gasteiger partial charge in [0.1, 0.15) is 11.4 Å². The molecule has 1 saturated heterocycles. The lowest BCUT2D eigenvalue weighted by atomic mass is 9.91. The van der Waals surface area contributed by atoms with Crippen LogP contribution in [-0.2, 0) is 9.53 Å². The molecule has 1 heterocycles. The SMILES string of the molecule is COc1ccc(NC(=O)C2(OC)CCNCC2)cc1Cl.Cl. The average Bonchev–Trinajstić information content (AvgIpc) is 2.48. The molecule has 0 unspecified atom stereocenters. The highest BCUT2D eigenvalue weighted by Crippen LogP contribution is 2.29. The van der Waals surface area contributed by atoms with E-state index in [0.717, 1.165) is 13.1 Å². The first-order chi connectivity index (χ1) is 9.61. The van der Waals surface area contributed by atoms with Gasteiger partial charge in [0.2, 0.25) is 0 Å². The predicted octanol–water partition coefficient (Wildman–Crippen LogP) is 2.48. The maximum atomic E-state index is 12.4. The molecule has 2 N–H and O–H groups in total. The molecule has 7 heteroatoms. The van der Waals surface area contributed by atoms with Crippen LogP contribution in [0.25, 0.3) is 0 Å². The number of nitrogens with one attached hydrogen (secondary N) is 2. The van der Waals surface area contributed by atoms with Crippen LogP contribution < -0.4 is 15.4 Å². The number of methoxy groups -OCH3 is 2. The van der Waals surface area contributed by atoms with Crippen LogP contribution in [0.1, 0.15) is 12.8 Å². The zero-order valence-corrected chi connectivity index (χ0v) is 13.6. The van der Waals surface area contributed by atoms with Gasteiger partial charge in [0, 0.05) is 12.8 Å². The molecule has 1 aliphatic heterocycles. The number of piperidine rings is 1. The van der Waals surface area contributed by atoms with Crippen molar-refractivity contribution in [3.8, 4) is 5.75 Å². The number of ether oxygens (including phenoxy) is 2. The fraction of sp³-hybridized carbons (Fsp3) is 0.500. The second-order valence-corrected chi connectivity index (χ2v) is 5.16. The molecule has 0 radical (unpaired) electrons. The van der Waals surface area contributed by atoms with E-state index in [9.17, 15) is 4.79 Å². The number of benzene rings is 1. The maximum absolute atomic E-state index is 12.4. The molecule has 1 aromatic carbocycles. The summed E-state index contributed by atoms with van der Waals surface area (Å²) >= 11 is 6.05. The summed E-state index contributed by atoms with van der Waals surface area (Å²) in [4.78, 5) is 12.4. The molecule has 2 rings (SSSR count). The summed E-state index contributed by atoms with van der Waals surface area (Å²) in [6.45, 7) is 1.54. The summed E-state index contributed by atoms with van der Waals surface area (Å²) in [6, 6.07) is 5.15. The zero-order chi connectivity index (χ0) is 14.6. The van der Waals surface area contributed by atoms with Crippen LogP contribution in [0.5, 0.6) is 5.75 Å². The molecule has 0 atom stereocenters. The van der Waals surface area contributed by atoms with E-state index >= 15 is 0 Å². The number of anilines is 1. The lowest BCUT2D eigenvalue weighted by molar-refractivity contribution is -0.140. The molecule has 1 fully saturated rings. The lowest BCUT2D eigenvalue weighted by Crippen LogP contribution is -2.51. The van der Waals surface area contributed by atoms with Gasteiger partial charge in [0.15, 0.2) is 0 Å². The molecule has 0 bridgehead atoms. The van der Waals surface area contributed by atoms with Crippen molar-refractivity contribution in [3.05, 3.63) is 23.2 Å². The third-order valence-corrected chi connectivity index (χ3v) is 3.92. The van der Waals surface area contributed by atoms with Crippen molar-refractivity contribution in [2.75, 3.05) is 32.6 Å². The van der Waals surface area contributed by atoms with E-state index in [0.29, 0.717) is 29.3 Å². The minimum absolute atomic E-state index is 0. The maximum Gasteiger partial charge on any atom is 0.256 e. The number of hydrogen-bond acceptors (Lipinski definition) is 4. The van der Waals surface area contributed by atoms with Gasteiger partial charge in [-0.1, -0.05) is 11.6 Å². The van der Waals surface area contributed by atoms with Gasteiger partial charge in [-0.15, -0.1) is 12.4 Å². The summed E-state index contributed by atoms with van der Waals surface area (Å²) in [7, 11) is 3.13. The fourth-order valence-electron chi connectivity index (χ4n) is 2.34. The van der Waals surface area contributed by atoms with Gasteiger partial charge >= 0.3 is 0 Å². The van der Waals surface area contributed by atoms with E-state index in [4.69, 9.17) is 21.1 Å². The van der Waals surface area contributed by atoms with Gasteiger partial charge in [0.05, 0.1) is 12.1 Å². The van der Waals surface area contributed by atoms with Crippen LogP contribution in [0.15, 0.2) is 18.2 Å². The molecule has 1 aliphatic rings. The Kier molecular flexibility index (Phi) is 6.74. The van der Waals surface area contributed by atoms with Crippen LogP contribution in [-0.4, -0.2) is 38.8 Å². The van der Waals surface area contributed by atoms with E-state index in [1.165, 1.54) is 0 Å². The molecule has 0 saturated carbocycles. The molecule has 1 aromatic rings. The van der Waals surface area contributed by atoms with Gasteiger partial charge in [-0.3, -0.25) is 4.79 Å². The highest BCUT2D eigenvalue weighted by molar-refractivity contribution is 6.32. The Morgan fingerprint density at radius 2 is 2.00 bits per heavy atom. The Morgan fingerprint density at radius 3 is 2.52 bits per heavy atom. The fourth-order valence-corrected chi connectivity index (χ4v) is 2.60. The van der Waals surface area contributed by atoms with Crippen LogP contribution >= 0.6 is 24.0 Å². The van der Waals surface area contributed by atoms with Crippen molar-refractivity contribution in [1.29, 1.82) is 0 Å². The molecule has 0 spiro atoms. The van der Waals surface area contributed by atoms with Crippen LogP contribution in [0, 0.1) is 0 Å². The highest BCUT2D eigenvalue weighted by Gasteiger charge is 2.39. The van der Waals surface area contributed by atoms with Crippen LogP contribution in [0.2, 0.25) is 5.02 Å². The monoisotopic (exact) mass is 334 g/mol. The van der Waals surface area contributed by atoms with Crippen molar-refractivity contribution in [3.63, 3.8) is 0 Å². The smallest absolute Gasteiger partial charge is 0.256 e. The molecular weight excluding hydrogens is 315 g/mol. The van der Waals surface area contributed by atoms with Crippen LogP contribution in [0.3, 0.4) is 0 Å². The molecule has 0 aromatic heterocycles. The molecule has 5 nitrogen and oxygen atoms in total. The first-order valence-corrected chi connectivity index (χ1v) is 6.90. The first kappa shape index (κ1) is 18.0. The predicted molar refractivity (Wildman–Crippen MR) is 85.7 cm³/mol. The minimum atomic E-state index is -0.766. The third-order valence-electron chi connectivity index (χ3n) is 3.63. The summed E-state index contributed by atoms with van der Waals surface area (Å²) in [5.74, 6) is 0.440. The molecule has 21 heavy (non-hydrogen) atoms. The van der Waals surface area contributed by atoms with Crippen molar-refractivity contribution < 1.29 is 14.3 Å². The number of hydrogen-bond donors (Lipinski definition) is 2. The lowest BCUT2D eigenvalue weighted by Gasteiger charge is -2.34. The van der Waals surface area contributed by atoms with E-state index in [1.54, 1.807) is 32.4 Å². The summed E-state index contributed by atoms with van der Waals surface area (Å²) in [6.07, 6.45) is 1.30. The molecule has 0 aliphatic carbocycles. The second kappa shape index (κ2) is 7.84. The number of rotatable bonds is 4. The molecular formula is C14H20Cl2N2O3. The molecule has 1 amide bonds. The standard InChI is InChI=1S/C14H19ClN2O3.ClH/c1-19-12-4-3-10(9-11(12)15)17-13(18)14(20-2)5-7-16-8-6-14;/h3-4,9,16H,5-8H2,1-2H3,(H,17,18);1H. The Morgan fingerprint density at radius 1 is 1.33 bits per heavy atom. The second-order valence-electron chi connectivity index (χ2n) is 4.75. The number of carbonyl (C=O) groups excluding carboxylic acids is 1. The van der Waals surface area contributed by atoms with Gasteiger partial charge in [-0.05, 0) is 44.1 Å². The number of amides is 1. The molecule has 118 valence electrons. The summed E-state index contributed by atoms with van der Waals surface area (Å²) in [5, 5.41) is 6.54. The van der Waals surface area contributed by atoms with Crippen molar-refractivity contribution in [2.45, 2.75) is 18.4 Å². The Hall–Kier alpha value is -1.01. The van der Waals surface area contributed by atoms with E-state index in [2.05, 4.69) is 10.6 Å². The Balaban J connectivity index is 0.00000220. The van der Waals surface area contributed by atoms with Crippen molar-refractivity contribution in [1.82, 2.24) is 5.32 Å². The van der Waals surface area contributed by atoms with E-state index in [-0.39, 0.29) is 18.3 Å². The average molecular weight is 335 g/mol. The van der Waals surface area contributed by atoms with E-state index < -0.39 is 5.60 Å². The minimum Gasteiger partial charge on any atom is -0.495 e. The quantitative estimate of drug-likeness (QED) is 0.888. The van der Waals surface area contributed by atoms with E-state index in [1.807, 2.05) is 0 Å². The number of halogens is 2.